The van der Waals surface area contributed by atoms with E-state index in [9.17, 15) is 18.3 Å². The van der Waals surface area contributed by atoms with Gasteiger partial charge in [-0.2, -0.15) is 13.2 Å². The summed E-state index contributed by atoms with van der Waals surface area (Å²) in [5, 5.41) is 22.3. The standard InChI is InChI=1S/C24H25NO2.C17H19NO.C2HF3O2/c26-24(15-17-25(18-16-24)19-20-7-3-1-4-8-20)21-11-13-23(14-12-21)27-22-9-5-2-6-10-22;1-2-4-16(5-3-1)19-17-8-6-14(7-9-17)15-10-12-18-13-11-15;3-2(4,5)1(6)7/h1-14,26H,15-19H2;1-9,15,18H,10-13H2;(H,6,7). The molecule has 2 aliphatic rings. The highest BCUT2D eigenvalue weighted by Gasteiger charge is 2.34. The van der Waals surface area contributed by atoms with Crippen LogP contribution in [0.4, 0.5) is 13.2 Å². The van der Waals surface area contributed by atoms with Gasteiger partial charge < -0.3 is 29.8 Å². The van der Waals surface area contributed by atoms with Crippen molar-refractivity contribution in [2.45, 2.75) is 49.9 Å². The second-order valence-electron chi connectivity index (χ2n) is 13.1. The van der Waals surface area contributed by atoms with E-state index in [0.717, 1.165) is 67.0 Å². The molecule has 3 N–H and O–H groups in total. The highest BCUT2D eigenvalue weighted by atomic mass is 19.4. The molecular weight excluding hydrogens is 681 g/mol. The number of aliphatic hydroxyl groups is 1. The van der Waals surface area contributed by atoms with Crippen molar-refractivity contribution in [1.29, 1.82) is 0 Å². The summed E-state index contributed by atoms with van der Waals surface area (Å²) in [5.41, 5.74) is 3.00. The number of benzene rings is 5. The van der Waals surface area contributed by atoms with E-state index in [0.29, 0.717) is 0 Å². The molecule has 0 unspecified atom stereocenters. The van der Waals surface area contributed by atoms with Crippen LogP contribution in [0.15, 0.2) is 140 Å². The highest BCUT2D eigenvalue weighted by molar-refractivity contribution is 5.70. The number of quaternary nitrogens is 1. The predicted octanol–water partition coefficient (Wildman–Crippen LogP) is 7.18. The molecule has 5 aromatic rings. The maximum Gasteiger partial charge on any atom is 0.430 e. The number of nitrogens with two attached hydrogens (primary N) is 1. The maximum atomic E-state index is 11.1. The lowest BCUT2D eigenvalue weighted by Crippen LogP contribution is -2.86. The van der Waals surface area contributed by atoms with Crippen molar-refractivity contribution in [3.8, 4) is 23.0 Å². The number of rotatable bonds is 8. The zero-order valence-electron chi connectivity index (χ0n) is 29.5. The van der Waals surface area contributed by atoms with Gasteiger partial charge in [-0.25, -0.2) is 0 Å². The van der Waals surface area contributed by atoms with Gasteiger partial charge in [0.05, 0.1) is 18.7 Å². The van der Waals surface area contributed by atoms with E-state index in [1.807, 2.05) is 91.0 Å². The van der Waals surface area contributed by atoms with E-state index in [-0.39, 0.29) is 0 Å². The summed E-state index contributed by atoms with van der Waals surface area (Å²) >= 11 is 0. The number of ether oxygens (including phenoxy) is 2. The average Bonchev–Trinajstić information content (AvgIpc) is 3.18. The lowest BCUT2D eigenvalue weighted by Gasteiger charge is -2.38. The molecule has 0 amide bonds. The zero-order chi connectivity index (χ0) is 37.5. The average molecular weight is 727 g/mol. The van der Waals surface area contributed by atoms with Gasteiger partial charge in [-0.1, -0.05) is 91.0 Å². The molecular formula is C43H45F3N2O5. The molecule has 0 radical (unpaired) electrons. The largest absolute Gasteiger partial charge is 0.542 e. The molecule has 278 valence electrons. The summed E-state index contributed by atoms with van der Waals surface area (Å²) in [7, 11) is 0. The first-order chi connectivity index (χ1) is 25.6. The summed E-state index contributed by atoms with van der Waals surface area (Å²) in [6.07, 6.45) is -1.12. The lowest BCUT2D eigenvalue weighted by atomic mass is 9.84. The third-order valence-electron chi connectivity index (χ3n) is 9.30. The number of hydrogen-bond acceptors (Lipinski definition) is 6. The molecule has 0 atom stereocenters. The van der Waals surface area contributed by atoms with Crippen LogP contribution >= 0.6 is 0 Å². The van der Waals surface area contributed by atoms with Crippen LogP contribution in [-0.4, -0.2) is 48.3 Å². The quantitative estimate of drug-likeness (QED) is 0.176. The number of carboxylic acids is 1. The normalized spacial score (nSPS) is 15.8. The Morgan fingerprint density at radius 3 is 1.57 bits per heavy atom. The Hall–Kier alpha value is -5.16. The van der Waals surface area contributed by atoms with Gasteiger partial charge in [0.2, 0.25) is 0 Å². The van der Waals surface area contributed by atoms with Crippen molar-refractivity contribution in [1.82, 2.24) is 4.90 Å². The van der Waals surface area contributed by atoms with Crippen LogP contribution in [-0.2, 0) is 16.9 Å². The minimum Gasteiger partial charge on any atom is -0.542 e. The fourth-order valence-corrected chi connectivity index (χ4v) is 6.36. The summed E-state index contributed by atoms with van der Waals surface area (Å²) < 4.78 is 43.2. The first-order valence-corrected chi connectivity index (χ1v) is 17.8. The van der Waals surface area contributed by atoms with E-state index in [2.05, 4.69) is 58.7 Å². The van der Waals surface area contributed by atoms with E-state index in [4.69, 9.17) is 19.4 Å². The molecule has 2 heterocycles. The number of hydrogen-bond donors (Lipinski definition) is 2. The Morgan fingerprint density at radius 2 is 1.11 bits per heavy atom. The van der Waals surface area contributed by atoms with Crippen LogP contribution in [0.3, 0.4) is 0 Å². The molecule has 0 spiro atoms. The molecule has 53 heavy (non-hydrogen) atoms. The molecule has 5 aromatic carbocycles. The molecule has 7 rings (SSSR count). The number of para-hydroxylation sites is 2. The Kier molecular flexibility index (Phi) is 14.1. The van der Waals surface area contributed by atoms with Crippen molar-refractivity contribution in [2.24, 2.45) is 0 Å². The van der Waals surface area contributed by atoms with Crippen LogP contribution in [0, 0.1) is 0 Å². The van der Waals surface area contributed by atoms with Gasteiger partial charge in [0.25, 0.3) is 0 Å². The minimum absolute atomic E-state index is 0.732. The minimum atomic E-state index is -5.19. The van der Waals surface area contributed by atoms with Gasteiger partial charge in [0.1, 0.15) is 29.0 Å². The molecule has 2 saturated heterocycles. The monoisotopic (exact) mass is 726 g/mol. The number of aliphatic carboxylic acids is 1. The van der Waals surface area contributed by atoms with E-state index < -0.39 is 17.7 Å². The molecule has 7 nitrogen and oxygen atoms in total. The number of likely N-dealkylation sites (tertiary alicyclic amines) is 1. The second-order valence-corrected chi connectivity index (χ2v) is 13.1. The van der Waals surface area contributed by atoms with Crippen molar-refractivity contribution in [3.05, 3.63) is 156 Å². The zero-order valence-corrected chi connectivity index (χ0v) is 29.5. The molecule has 0 saturated carbocycles. The Labute approximate surface area is 308 Å². The number of carbonyl (C=O) groups excluding carboxylic acids is 1. The molecule has 10 heteroatoms. The number of carbonyl (C=O) groups is 1. The SMILES string of the molecule is O=C([O-])C(F)(F)F.OC1(c2ccc(Oc3ccccc3)cc2)CCN(Cc2ccccc2)CC1.c1ccc(Oc2ccc(C3CC[NH2+]CC3)cc2)cc1. The van der Waals surface area contributed by atoms with Crippen molar-refractivity contribution in [3.63, 3.8) is 0 Å². The fourth-order valence-electron chi connectivity index (χ4n) is 6.36. The van der Waals surface area contributed by atoms with E-state index in [1.165, 1.54) is 37.1 Å². The molecule has 2 aliphatic heterocycles. The van der Waals surface area contributed by atoms with E-state index >= 15 is 0 Å². The van der Waals surface area contributed by atoms with Gasteiger partial charge in [0.15, 0.2) is 0 Å². The predicted molar refractivity (Wildman–Crippen MR) is 195 cm³/mol. The molecule has 2 fully saturated rings. The van der Waals surface area contributed by atoms with Gasteiger partial charge in [-0.05, 0) is 84.0 Å². The van der Waals surface area contributed by atoms with Crippen LogP contribution in [0.2, 0.25) is 0 Å². The fraction of sp³-hybridized carbons (Fsp3) is 0.279. The maximum absolute atomic E-state index is 11.1. The van der Waals surface area contributed by atoms with Crippen LogP contribution < -0.4 is 19.9 Å². The summed E-state index contributed by atoms with van der Waals surface area (Å²) in [6, 6.07) is 46.7. The number of nitrogens with zero attached hydrogens (tertiary/aromatic N) is 1. The number of halogens is 3. The number of piperidine rings is 2. The molecule has 0 bridgehead atoms. The Balaban J connectivity index is 0.000000181. The highest BCUT2D eigenvalue weighted by Crippen LogP contribution is 2.35. The smallest absolute Gasteiger partial charge is 0.430 e. The van der Waals surface area contributed by atoms with Crippen LogP contribution in [0.25, 0.3) is 0 Å². The van der Waals surface area contributed by atoms with E-state index in [1.54, 1.807) is 0 Å². The third kappa shape index (κ3) is 12.5. The Bertz CT molecular complexity index is 1790. The Morgan fingerprint density at radius 1 is 0.698 bits per heavy atom. The van der Waals surface area contributed by atoms with Crippen molar-refractivity contribution < 1.29 is 43.0 Å². The summed E-state index contributed by atoms with van der Waals surface area (Å²) in [5.74, 6) is 1.14. The van der Waals surface area contributed by atoms with Gasteiger partial charge >= 0.3 is 6.18 Å². The first kappa shape index (κ1) is 39.1. The second kappa shape index (κ2) is 19.1. The first-order valence-electron chi connectivity index (χ1n) is 17.8. The van der Waals surface area contributed by atoms with Gasteiger partial charge in [-0.15, -0.1) is 0 Å². The van der Waals surface area contributed by atoms with Crippen molar-refractivity contribution in [2.75, 3.05) is 26.2 Å². The van der Waals surface area contributed by atoms with Gasteiger partial charge in [0, 0.05) is 32.5 Å². The summed E-state index contributed by atoms with van der Waals surface area (Å²) in [6.45, 7) is 5.25. The van der Waals surface area contributed by atoms with Gasteiger partial charge in [-0.3, -0.25) is 4.90 Å². The summed E-state index contributed by atoms with van der Waals surface area (Å²) in [4.78, 5) is 11.2. The topological polar surface area (TPSA) is 98.7 Å². The van der Waals surface area contributed by atoms with Crippen LogP contribution in [0.1, 0.15) is 48.3 Å². The number of alkyl halides is 3. The third-order valence-corrected chi connectivity index (χ3v) is 9.30. The number of carboxylic acid groups (broad SMARTS) is 1. The van der Waals surface area contributed by atoms with Crippen LogP contribution in [0.5, 0.6) is 23.0 Å². The van der Waals surface area contributed by atoms with Crippen molar-refractivity contribution >= 4 is 5.97 Å². The lowest BCUT2D eigenvalue weighted by molar-refractivity contribution is -0.663. The molecule has 0 aliphatic carbocycles. The molecule has 0 aromatic heterocycles.